The lowest BCUT2D eigenvalue weighted by atomic mass is 9.75. The largest absolute Gasteiger partial charge is 0.326 e. The van der Waals surface area contributed by atoms with E-state index < -0.39 is 23.3 Å². The Balaban J connectivity index is 5.62. The Morgan fingerprint density at radius 2 is 0.920 bits per heavy atom. The number of hydrogen-bond donors (Lipinski definition) is 2. The normalized spacial score (nSPS) is 16.0. The van der Waals surface area contributed by atoms with Crippen molar-refractivity contribution in [1.82, 2.24) is 0 Å². The van der Waals surface area contributed by atoms with Gasteiger partial charge in [0.25, 0.3) is 0 Å². The Hall–Kier alpha value is -0.750. The summed E-state index contributed by atoms with van der Waals surface area (Å²) in [6, 6.07) is 2.69. The summed E-state index contributed by atoms with van der Waals surface area (Å²) in [5.74, 6) is 0.0940. The standard InChI is InChI=1S/C18H35N4O2P/c1-11(2)17(12(3)4,15(21)9-19)23-25-24-18(13(5)6,14(7)8)16(22)10-20/h11-16,25H,21-22H2,1-8H3. The van der Waals surface area contributed by atoms with Gasteiger partial charge in [0.2, 0.25) is 0 Å². The number of hydrogen-bond acceptors (Lipinski definition) is 6. The Morgan fingerprint density at radius 3 is 1.08 bits per heavy atom. The fraction of sp³-hybridized carbons (Fsp3) is 0.889. The molecule has 2 unspecified atom stereocenters. The van der Waals surface area contributed by atoms with Crippen LogP contribution in [-0.2, 0) is 9.05 Å². The van der Waals surface area contributed by atoms with Gasteiger partial charge in [0, 0.05) is 0 Å². The van der Waals surface area contributed by atoms with E-state index in [2.05, 4.69) is 12.1 Å². The molecule has 4 N–H and O–H groups in total. The topological polar surface area (TPSA) is 118 Å². The van der Waals surface area contributed by atoms with Crippen LogP contribution in [0, 0.1) is 46.3 Å². The molecule has 0 heterocycles. The lowest BCUT2D eigenvalue weighted by Gasteiger charge is -2.46. The summed E-state index contributed by atoms with van der Waals surface area (Å²) in [4.78, 5) is 0. The molecule has 0 radical (unpaired) electrons. The molecular formula is C18H35N4O2P. The van der Waals surface area contributed by atoms with Gasteiger partial charge >= 0.3 is 0 Å². The predicted octanol–water partition coefficient (Wildman–Crippen LogP) is 3.33. The average Bonchev–Trinajstić information content (AvgIpc) is 2.52. The Morgan fingerprint density at radius 1 is 0.680 bits per heavy atom. The molecule has 0 aromatic carbocycles. The monoisotopic (exact) mass is 370 g/mol. The minimum Gasteiger partial charge on any atom is -0.326 e. The van der Waals surface area contributed by atoms with E-state index in [1.54, 1.807) is 0 Å². The molecule has 0 aromatic heterocycles. The average molecular weight is 370 g/mol. The van der Waals surface area contributed by atoms with Crippen molar-refractivity contribution in [3.05, 3.63) is 0 Å². The van der Waals surface area contributed by atoms with E-state index in [0.29, 0.717) is 0 Å². The molecule has 0 bridgehead atoms. The molecule has 25 heavy (non-hydrogen) atoms. The zero-order valence-electron chi connectivity index (χ0n) is 16.8. The van der Waals surface area contributed by atoms with Crippen LogP contribution in [0.5, 0.6) is 0 Å². The van der Waals surface area contributed by atoms with Gasteiger partial charge in [0.05, 0.1) is 12.1 Å². The predicted molar refractivity (Wildman–Crippen MR) is 102 cm³/mol. The van der Waals surface area contributed by atoms with Gasteiger partial charge in [-0.2, -0.15) is 10.5 Å². The highest BCUT2D eigenvalue weighted by molar-refractivity contribution is 7.26. The summed E-state index contributed by atoms with van der Waals surface area (Å²) >= 11 is 0. The van der Waals surface area contributed by atoms with Crippen LogP contribution in [-0.4, -0.2) is 23.3 Å². The molecule has 0 aliphatic heterocycles. The van der Waals surface area contributed by atoms with Gasteiger partial charge in [-0.3, -0.25) is 0 Å². The Bertz CT molecular complexity index is 434. The van der Waals surface area contributed by atoms with Crippen molar-refractivity contribution in [3.63, 3.8) is 0 Å². The molecule has 144 valence electrons. The summed E-state index contributed by atoms with van der Waals surface area (Å²) in [6.45, 7) is 15.9. The van der Waals surface area contributed by atoms with Gasteiger partial charge in [-0.15, -0.1) is 0 Å². The maximum atomic E-state index is 9.37. The van der Waals surface area contributed by atoms with Crippen molar-refractivity contribution in [1.29, 1.82) is 10.5 Å². The number of nitrogens with zero attached hydrogens (tertiary/aromatic N) is 2. The first-order valence-electron chi connectivity index (χ1n) is 8.86. The van der Waals surface area contributed by atoms with E-state index in [1.807, 2.05) is 55.4 Å². The quantitative estimate of drug-likeness (QED) is 0.569. The zero-order chi connectivity index (χ0) is 20.0. The molecular weight excluding hydrogens is 335 g/mol. The minimum absolute atomic E-state index is 0.0235. The summed E-state index contributed by atoms with van der Waals surface area (Å²) in [5, 5.41) is 18.7. The molecule has 0 aliphatic rings. The van der Waals surface area contributed by atoms with E-state index >= 15 is 0 Å². The number of nitrogens with two attached hydrogens (primary N) is 2. The SMILES string of the molecule is CC(C)C(OPOC(C(C)C)(C(C)C)C(N)C#N)(C(C)C)C(N)C#N. The molecule has 0 fully saturated rings. The Labute approximate surface area is 155 Å². The molecule has 0 saturated heterocycles. The number of nitriles is 2. The lowest BCUT2D eigenvalue weighted by molar-refractivity contribution is -0.0641. The van der Waals surface area contributed by atoms with E-state index in [-0.39, 0.29) is 32.7 Å². The van der Waals surface area contributed by atoms with Gasteiger partial charge in [-0.05, 0) is 23.7 Å². The van der Waals surface area contributed by atoms with Gasteiger partial charge in [-0.25, -0.2) is 0 Å². The third-order valence-corrected chi connectivity index (χ3v) is 6.17. The molecule has 6 nitrogen and oxygen atoms in total. The zero-order valence-corrected chi connectivity index (χ0v) is 17.8. The molecule has 0 aromatic rings. The van der Waals surface area contributed by atoms with Crippen LogP contribution in [0.3, 0.4) is 0 Å². The van der Waals surface area contributed by atoms with Gasteiger partial charge < -0.3 is 20.5 Å². The van der Waals surface area contributed by atoms with Gasteiger partial charge in [0.15, 0.2) is 9.03 Å². The summed E-state index contributed by atoms with van der Waals surface area (Å²) in [5.41, 5.74) is 10.5. The summed E-state index contributed by atoms with van der Waals surface area (Å²) in [6.07, 6.45) is 0. The molecule has 7 heteroatoms. The van der Waals surface area contributed by atoms with Gasteiger partial charge in [-0.1, -0.05) is 55.4 Å². The third kappa shape index (κ3) is 4.70. The highest BCUT2D eigenvalue weighted by Gasteiger charge is 2.48. The molecule has 0 amide bonds. The minimum atomic E-state index is -0.830. The second-order valence-corrected chi connectivity index (χ2v) is 8.40. The fourth-order valence-corrected chi connectivity index (χ4v) is 5.26. The summed E-state index contributed by atoms with van der Waals surface area (Å²) < 4.78 is 12.3. The second-order valence-electron chi connectivity index (χ2n) is 7.83. The van der Waals surface area contributed by atoms with Crippen LogP contribution in [0.15, 0.2) is 0 Å². The van der Waals surface area contributed by atoms with Crippen molar-refractivity contribution in [2.45, 2.75) is 78.7 Å². The van der Waals surface area contributed by atoms with Crippen molar-refractivity contribution < 1.29 is 9.05 Å². The lowest BCUT2D eigenvalue weighted by Crippen LogP contribution is -2.57. The molecule has 0 saturated carbocycles. The summed E-state index contributed by atoms with van der Waals surface area (Å²) in [7, 11) is -0.364. The first kappa shape index (κ1) is 24.2. The van der Waals surface area contributed by atoms with Crippen molar-refractivity contribution in [2.75, 3.05) is 0 Å². The first-order chi connectivity index (χ1) is 11.4. The van der Waals surface area contributed by atoms with E-state index in [0.717, 1.165) is 0 Å². The smallest absolute Gasteiger partial charge is 0.156 e. The maximum absolute atomic E-state index is 9.37. The highest BCUT2D eigenvalue weighted by atomic mass is 31.1. The van der Waals surface area contributed by atoms with Crippen LogP contribution in [0.1, 0.15) is 55.4 Å². The van der Waals surface area contributed by atoms with Crippen LogP contribution < -0.4 is 11.5 Å². The number of rotatable bonds is 10. The maximum Gasteiger partial charge on any atom is 0.156 e. The fourth-order valence-electron chi connectivity index (χ4n) is 3.74. The van der Waals surface area contributed by atoms with Crippen LogP contribution >= 0.6 is 9.03 Å². The second kappa shape index (κ2) is 9.81. The molecule has 2 atom stereocenters. The molecule has 0 aliphatic carbocycles. The molecule has 0 spiro atoms. The Kier molecular flexibility index (Phi) is 9.52. The van der Waals surface area contributed by atoms with Crippen molar-refractivity contribution in [3.8, 4) is 12.1 Å². The highest BCUT2D eigenvalue weighted by Crippen LogP contribution is 2.44. The van der Waals surface area contributed by atoms with E-state index in [9.17, 15) is 10.5 Å². The van der Waals surface area contributed by atoms with E-state index in [4.69, 9.17) is 20.5 Å². The molecule has 0 rings (SSSR count). The first-order valence-corrected chi connectivity index (χ1v) is 9.68. The van der Waals surface area contributed by atoms with Crippen LogP contribution in [0.2, 0.25) is 0 Å². The van der Waals surface area contributed by atoms with Crippen molar-refractivity contribution in [2.24, 2.45) is 35.1 Å². The van der Waals surface area contributed by atoms with Crippen LogP contribution in [0.25, 0.3) is 0 Å². The van der Waals surface area contributed by atoms with Crippen LogP contribution in [0.4, 0.5) is 0 Å². The van der Waals surface area contributed by atoms with Crippen molar-refractivity contribution >= 4 is 9.03 Å². The van der Waals surface area contributed by atoms with E-state index in [1.165, 1.54) is 0 Å². The van der Waals surface area contributed by atoms with Gasteiger partial charge in [0.1, 0.15) is 23.3 Å². The third-order valence-electron chi connectivity index (χ3n) is 5.30.